The van der Waals surface area contributed by atoms with Gasteiger partial charge in [0.05, 0.1) is 12.6 Å². The average molecular weight is 294 g/mol. The summed E-state index contributed by atoms with van der Waals surface area (Å²) in [5.74, 6) is 0.917. The summed E-state index contributed by atoms with van der Waals surface area (Å²) in [6.07, 6.45) is 6.22. The lowest BCUT2D eigenvalue weighted by Gasteiger charge is -2.30. The van der Waals surface area contributed by atoms with Crippen LogP contribution in [0.15, 0.2) is 30.3 Å². The topological polar surface area (TPSA) is 25.4 Å². The molecule has 1 aromatic carbocycles. The lowest BCUT2D eigenvalue weighted by Crippen LogP contribution is -2.34. The van der Waals surface area contributed by atoms with E-state index in [9.17, 15) is 0 Å². The van der Waals surface area contributed by atoms with Crippen LogP contribution in [0.5, 0.6) is 5.75 Å². The molecule has 3 heteroatoms. The molecule has 1 fully saturated rings. The van der Waals surface area contributed by atoms with Gasteiger partial charge in [0, 0.05) is 29.2 Å². The summed E-state index contributed by atoms with van der Waals surface area (Å²) in [5, 5.41) is 1.11. The number of fused-ring (bicyclic) bond motifs is 3. The Morgan fingerprint density at radius 3 is 2.86 bits per heavy atom. The van der Waals surface area contributed by atoms with Crippen molar-refractivity contribution >= 4 is 16.5 Å². The molecule has 0 N–H and O–H groups in total. The van der Waals surface area contributed by atoms with E-state index in [4.69, 9.17) is 4.74 Å². The first-order valence-corrected chi connectivity index (χ1v) is 8.04. The van der Waals surface area contributed by atoms with Gasteiger partial charge in [-0.25, -0.2) is 0 Å². The second-order valence-corrected chi connectivity index (χ2v) is 6.56. The number of likely N-dealkylation sites (N-methyl/N-ethyl adjacent to an activating group) is 1. The van der Waals surface area contributed by atoms with E-state index in [0.717, 1.165) is 28.8 Å². The minimum atomic E-state index is 0.613. The highest BCUT2D eigenvalue weighted by Crippen LogP contribution is 2.38. The van der Waals surface area contributed by atoms with Gasteiger partial charge in [-0.05, 0) is 56.5 Å². The Labute approximate surface area is 131 Å². The van der Waals surface area contributed by atoms with Crippen LogP contribution in [0.1, 0.15) is 30.5 Å². The van der Waals surface area contributed by atoms with Crippen LogP contribution in [0, 0.1) is 6.92 Å². The normalized spacial score (nSPS) is 24.6. The highest BCUT2D eigenvalue weighted by molar-refractivity contribution is 5.89. The number of aromatic nitrogens is 1. The summed E-state index contributed by atoms with van der Waals surface area (Å²) >= 11 is 0. The number of nitrogens with zero attached hydrogens (tertiary/aromatic N) is 2. The predicted molar refractivity (Wildman–Crippen MR) is 90.2 cm³/mol. The Bertz CT molecular complexity index is 765. The van der Waals surface area contributed by atoms with E-state index >= 15 is 0 Å². The third-order valence-electron chi connectivity index (χ3n) is 5.23. The number of hydrogen-bond acceptors (Lipinski definition) is 3. The van der Waals surface area contributed by atoms with Crippen molar-refractivity contribution in [3.63, 3.8) is 0 Å². The number of hydrogen-bond donors (Lipinski definition) is 0. The first kappa shape index (κ1) is 13.8. The predicted octanol–water partition coefficient (Wildman–Crippen LogP) is 3.80. The number of methoxy groups -OCH3 is 1. The Hall–Kier alpha value is -1.87. The third kappa shape index (κ3) is 2.12. The van der Waals surface area contributed by atoms with Crippen molar-refractivity contribution in [3.8, 4) is 5.75 Å². The van der Waals surface area contributed by atoms with Crippen molar-refractivity contribution in [2.75, 3.05) is 14.2 Å². The summed E-state index contributed by atoms with van der Waals surface area (Å²) in [4.78, 5) is 7.14. The number of ether oxygens (including phenoxy) is 1. The quantitative estimate of drug-likeness (QED) is 0.842. The molecule has 2 bridgehead atoms. The number of aryl methyl sites for hydroxylation is 1. The first-order chi connectivity index (χ1) is 10.7. The standard InChI is InChI=1S/C19H22N2O/c1-12-8-19(22-3)17-11-13(4-7-18(17)20-12)14-9-15-5-6-16(10-14)21(15)2/h4,7-9,11,15-16H,5-6,10H2,1-3H3/t15-,16+/m0/s1. The van der Waals surface area contributed by atoms with Crippen LogP contribution in [0.25, 0.3) is 16.5 Å². The highest BCUT2D eigenvalue weighted by atomic mass is 16.5. The zero-order chi connectivity index (χ0) is 15.3. The minimum absolute atomic E-state index is 0.613. The monoisotopic (exact) mass is 294 g/mol. The molecule has 22 heavy (non-hydrogen) atoms. The molecule has 3 nitrogen and oxygen atoms in total. The minimum Gasteiger partial charge on any atom is -0.496 e. The zero-order valence-electron chi connectivity index (χ0n) is 13.5. The molecule has 0 unspecified atom stereocenters. The molecule has 4 rings (SSSR count). The van der Waals surface area contributed by atoms with E-state index in [1.807, 2.05) is 13.0 Å². The van der Waals surface area contributed by atoms with E-state index < -0.39 is 0 Å². The van der Waals surface area contributed by atoms with E-state index in [0.29, 0.717) is 12.1 Å². The molecule has 2 atom stereocenters. The van der Waals surface area contributed by atoms with Crippen molar-refractivity contribution in [2.45, 2.75) is 38.3 Å². The highest BCUT2D eigenvalue weighted by Gasteiger charge is 2.33. The second kappa shape index (κ2) is 5.10. The fourth-order valence-corrected chi connectivity index (χ4v) is 3.95. The van der Waals surface area contributed by atoms with Gasteiger partial charge in [0.25, 0.3) is 0 Å². The van der Waals surface area contributed by atoms with Crippen LogP contribution in [-0.2, 0) is 0 Å². The van der Waals surface area contributed by atoms with Gasteiger partial charge in [-0.2, -0.15) is 0 Å². The lowest BCUT2D eigenvalue weighted by molar-refractivity contribution is 0.264. The lowest BCUT2D eigenvalue weighted by atomic mass is 9.94. The van der Waals surface area contributed by atoms with Crippen molar-refractivity contribution < 1.29 is 4.74 Å². The van der Waals surface area contributed by atoms with Crippen LogP contribution >= 0.6 is 0 Å². The largest absolute Gasteiger partial charge is 0.496 e. The SMILES string of the molecule is COc1cc(C)nc2ccc(C3=C[C@@H]4CC[C@H](C3)N4C)cc12. The van der Waals surface area contributed by atoms with Gasteiger partial charge < -0.3 is 4.74 Å². The molecular formula is C19H22N2O. The summed E-state index contributed by atoms with van der Waals surface area (Å²) in [5.41, 5.74) is 4.81. The van der Waals surface area contributed by atoms with E-state index in [-0.39, 0.29) is 0 Å². The van der Waals surface area contributed by atoms with E-state index in [1.54, 1.807) is 7.11 Å². The molecule has 1 aromatic heterocycles. The Morgan fingerprint density at radius 2 is 2.09 bits per heavy atom. The molecule has 2 aliphatic heterocycles. The fourth-order valence-electron chi connectivity index (χ4n) is 3.95. The van der Waals surface area contributed by atoms with Gasteiger partial charge in [0.2, 0.25) is 0 Å². The number of benzene rings is 1. The Morgan fingerprint density at radius 1 is 1.23 bits per heavy atom. The fraction of sp³-hybridized carbons (Fsp3) is 0.421. The molecule has 2 aliphatic rings. The smallest absolute Gasteiger partial charge is 0.130 e. The molecule has 0 radical (unpaired) electrons. The second-order valence-electron chi connectivity index (χ2n) is 6.56. The van der Waals surface area contributed by atoms with E-state index in [2.05, 4.69) is 41.2 Å². The summed E-state index contributed by atoms with van der Waals surface area (Å²) in [6.45, 7) is 2.01. The van der Waals surface area contributed by atoms with Crippen molar-refractivity contribution in [3.05, 3.63) is 41.6 Å². The molecule has 3 heterocycles. The summed E-state index contributed by atoms with van der Waals surface area (Å²) in [6, 6.07) is 9.92. The van der Waals surface area contributed by atoms with Gasteiger partial charge in [-0.3, -0.25) is 9.88 Å². The van der Waals surface area contributed by atoms with Crippen molar-refractivity contribution in [1.29, 1.82) is 0 Å². The summed E-state index contributed by atoms with van der Waals surface area (Å²) in [7, 11) is 3.99. The van der Waals surface area contributed by atoms with Crippen molar-refractivity contribution in [1.82, 2.24) is 9.88 Å². The Balaban J connectivity index is 1.80. The van der Waals surface area contributed by atoms with Crippen molar-refractivity contribution in [2.24, 2.45) is 0 Å². The molecule has 0 aliphatic carbocycles. The maximum Gasteiger partial charge on any atom is 0.130 e. The summed E-state index contributed by atoms with van der Waals surface area (Å²) < 4.78 is 5.55. The van der Waals surface area contributed by atoms with Gasteiger partial charge in [0.15, 0.2) is 0 Å². The molecule has 0 spiro atoms. The molecule has 0 saturated carbocycles. The molecule has 0 amide bonds. The molecule has 114 valence electrons. The number of pyridine rings is 1. The molecule has 1 saturated heterocycles. The van der Waals surface area contributed by atoms with E-state index in [1.165, 1.54) is 24.0 Å². The van der Waals surface area contributed by atoms with Gasteiger partial charge in [-0.15, -0.1) is 0 Å². The number of rotatable bonds is 2. The van der Waals surface area contributed by atoms with Gasteiger partial charge in [-0.1, -0.05) is 12.1 Å². The maximum absolute atomic E-state index is 5.55. The molecular weight excluding hydrogens is 272 g/mol. The zero-order valence-corrected chi connectivity index (χ0v) is 13.5. The Kier molecular flexibility index (Phi) is 3.19. The maximum atomic E-state index is 5.55. The van der Waals surface area contributed by atoms with Gasteiger partial charge in [0.1, 0.15) is 5.75 Å². The van der Waals surface area contributed by atoms with Crippen LogP contribution in [0.2, 0.25) is 0 Å². The van der Waals surface area contributed by atoms with Crippen LogP contribution in [0.3, 0.4) is 0 Å². The third-order valence-corrected chi connectivity index (χ3v) is 5.23. The first-order valence-electron chi connectivity index (χ1n) is 8.04. The molecule has 2 aromatic rings. The van der Waals surface area contributed by atoms with Gasteiger partial charge >= 0.3 is 0 Å². The van der Waals surface area contributed by atoms with Crippen LogP contribution in [0.4, 0.5) is 0 Å². The van der Waals surface area contributed by atoms with Crippen LogP contribution in [-0.4, -0.2) is 36.1 Å². The average Bonchev–Trinajstić information content (AvgIpc) is 2.75. The van der Waals surface area contributed by atoms with Crippen LogP contribution < -0.4 is 4.74 Å².